The van der Waals surface area contributed by atoms with Crippen LogP contribution < -0.4 is 0 Å². The van der Waals surface area contributed by atoms with E-state index < -0.39 is 0 Å². The van der Waals surface area contributed by atoms with Gasteiger partial charge in [0.15, 0.2) is 0 Å². The summed E-state index contributed by atoms with van der Waals surface area (Å²) in [7, 11) is 0. The summed E-state index contributed by atoms with van der Waals surface area (Å²) >= 11 is 0. The van der Waals surface area contributed by atoms with Gasteiger partial charge in [-0.05, 0) is 43.6 Å². The molecule has 0 heterocycles. The third kappa shape index (κ3) is 1.35. The van der Waals surface area contributed by atoms with Crippen LogP contribution in [0.25, 0.3) is 0 Å². The van der Waals surface area contributed by atoms with Crippen molar-refractivity contribution in [3.8, 4) is 0 Å². The van der Waals surface area contributed by atoms with E-state index in [1.54, 1.807) is 11.1 Å². The third-order valence-electron chi connectivity index (χ3n) is 3.20. The maximum absolute atomic E-state index is 2.36. The van der Waals surface area contributed by atoms with Crippen molar-refractivity contribution >= 4 is 0 Å². The van der Waals surface area contributed by atoms with Crippen LogP contribution in [-0.2, 0) is 0 Å². The van der Waals surface area contributed by atoms with Gasteiger partial charge in [-0.2, -0.15) is 0 Å². The molecule has 0 heteroatoms. The third-order valence-corrected chi connectivity index (χ3v) is 3.20. The minimum absolute atomic E-state index is 0.939. The van der Waals surface area contributed by atoms with Crippen molar-refractivity contribution in [1.82, 2.24) is 0 Å². The number of allylic oxidation sites excluding steroid dienone is 4. The van der Waals surface area contributed by atoms with Crippen molar-refractivity contribution in [1.29, 1.82) is 0 Å². The van der Waals surface area contributed by atoms with Crippen molar-refractivity contribution in [2.24, 2.45) is 5.92 Å². The van der Waals surface area contributed by atoms with E-state index >= 15 is 0 Å². The Bertz CT molecular complexity index is 220. The molecule has 0 amide bonds. The Morgan fingerprint density at radius 3 is 3.25 bits per heavy atom. The van der Waals surface area contributed by atoms with E-state index in [9.17, 15) is 0 Å². The van der Waals surface area contributed by atoms with Crippen LogP contribution in [0.1, 0.15) is 45.4 Å². The normalized spacial score (nSPS) is 27.9. The van der Waals surface area contributed by atoms with Gasteiger partial charge in [-0.25, -0.2) is 0 Å². The highest BCUT2D eigenvalue weighted by atomic mass is 14.3. The summed E-state index contributed by atoms with van der Waals surface area (Å²) in [5.74, 6) is 0.939. The molecule has 0 saturated carbocycles. The predicted octanol–water partition coefficient (Wildman–Crippen LogP) is 3.84. The molecule has 2 aliphatic rings. The first-order valence-corrected chi connectivity index (χ1v) is 5.30. The minimum atomic E-state index is 0.939. The van der Waals surface area contributed by atoms with E-state index in [2.05, 4.69) is 19.1 Å². The second-order valence-electron chi connectivity index (χ2n) is 4.03. The Hall–Kier alpha value is -0.520. The molecule has 0 aliphatic heterocycles. The molecule has 2 rings (SSSR count). The first-order valence-electron chi connectivity index (χ1n) is 5.30. The van der Waals surface area contributed by atoms with Gasteiger partial charge in [0, 0.05) is 0 Å². The molecule has 1 atom stereocenters. The Kier molecular flexibility index (Phi) is 2.34. The predicted molar refractivity (Wildman–Crippen MR) is 53.0 cm³/mol. The first-order chi connectivity index (χ1) is 5.92. The molecule has 0 radical (unpaired) electrons. The molecule has 2 aliphatic carbocycles. The van der Waals surface area contributed by atoms with Crippen LogP contribution in [0.4, 0.5) is 0 Å². The Morgan fingerprint density at radius 2 is 2.42 bits per heavy atom. The lowest BCUT2D eigenvalue weighted by molar-refractivity contribution is 0.462. The SMILES string of the molecule is CCCC1CCCC2=C1CC=C2. The zero-order chi connectivity index (χ0) is 8.39. The van der Waals surface area contributed by atoms with E-state index in [-0.39, 0.29) is 0 Å². The van der Waals surface area contributed by atoms with Crippen molar-refractivity contribution in [3.63, 3.8) is 0 Å². The largest absolute Gasteiger partial charge is 0.0802 e. The van der Waals surface area contributed by atoms with Crippen LogP contribution in [0.15, 0.2) is 23.3 Å². The van der Waals surface area contributed by atoms with Crippen molar-refractivity contribution in [2.45, 2.75) is 45.4 Å². The highest BCUT2D eigenvalue weighted by molar-refractivity contribution is 5.36. The van der Waals surface area contributed by atoms with Gasteiger partial charge in [0.2, 0.25) is 0 Å². The van der Waals surface area contributed by atoms with E-state index in [0.717, 1.165) is 5.92 Å². The fraction of sp³-hybridized carbons (Fsp3) is 0.667. The summed E-state index contributed by atoms with van der Waals surface area (Å²) in [6.45, 7) is 2.30. The van der Waals surface area contributed by atoms with Gasteiger partial charge in [-0.1, -0.05) is 31.1 Å². The summed E-state index contributed by atoms with van der Waals surface area (Å²) in [6, 6.07) is 0. The van der Waals surface area contributed by atoms with Gasteiger partial charge in [0.1, 0.15) is 0 Å². The van der Waals surface area contributed by atoms with Crippen LogP contribution in [0, 0.1) is 5.92 Å². The van der Waals surface area contributed by atoms with Crippen LogP contribution in [0.2, 0.25) is 0 Å². The molecule has 0 aromatic carbocycles. The summed E-state index contributed by atoms with van der Waals surface area (Å²) in [5, 5.41) is 0. The second kappa shape index (κ2) is 3.47. The van der Waals surface area contributed by atoms with Gasteiger partial charge in [0.25, 0.3) is 0 Å². The smallest absolute Gasteiger partial charge is 0.0127 e. The van der Waals surface area contributed by atoms with E-state index in [1.165, 1.54) is 38.5 Å². The summed E-state index contributed by atoms with van der Waals surface area (Å²) in [4.78, 5) is 0. The highest BCUT2D eigenvalue weighted by Gasteiger charge is 2.22. The lowest BCUT2D eigenvalue weighted by atomic mass is 9.81. The number of rotatable bonds is 2. The van der Waals surface area contributed by atoms with E-state index in [1.807, 2.05) is 0 Å². The van der Waals surface area contributed by atoms with Gasteiger partial charge in [-0.15, -0.1) is 0 Å². The lowest BCUT2D eigenvalue weighted by Crippen LogP contribution is -2.09. The lowest BCUT2D eigenvalue weighted by Gasteiger charge is -2.24. The Morgan fingerprint density at radius 1 is 1.50 bits per heavy atom. The molecule has 12 heavy (non-hydrogen) atoms. The molecule has 0 N–H and O–H groups in total. The van der Waals surface area contributed by atoms with Gasteiger partial charge in [-0.3, -0.25) is 0 Å². The number of hydrogen-bond acceptors (Lipinski definition) is 0. The monoisotopic (exact) mass is 162 g/mol. The average Bonchev–Trinajstić information content (AvgIpc) is 2.53. The summed E-state index contributed by atoms with van der Waals surface area (Å²) in [6.07, 6.45) is 13.0. The minimum Gasteiger partial charge on any atom is -0.0802 e. The van der Waals surface area contributed by atoms with Crippen LogP contribution in [0.3, 0.4) is 0 Å². The zero-order valence-electron chi connectivity index (χ0n) is 7.97. The summed E-state index contributed by atoms with van der Waals surface area (Å²) < 4.78 is 0. The molecule has 0 spiro atoms. The van der Waals surface area contributed by atoms with Crippen LogP contribution in [0.5, 0.6) is 0 Å². The zero-order valence-corrected chi connectivity index (χ0v) is 7.97. The quantitative estimate of drug-likeness (QED) is 0.578. The van der Waals surface area contributed by atoms with Crippen LogP contribution in [-0.4, -0.2) is 0 Å². The molecule has 0 saturated heterocycles. The van der Waals surface area contributed by atoms with Gasteiger partial charge < -0.3 is 0 Å². The Balaban J connectivity index is 2.11. The molecular formula is C12H18. The maximum atomic E-state index is 2.36. The molecule has 0 bridgehead atoms. The van der Waals surface area contributed by atoms with E-state index in [4.69, 9.17) is 0 Å². The molecule has 0 aromatic rings. The molecule has 1 unspecified atom stereocenters. The van der Waals surface area contributed by atoms with E-state index in [0.29, 0.717) is 0 Å². The van der Waals surface area contributed by atoms with Crippen molar-refractivity contribution in [2.75, 3.05) is 0 Å². The fourth-order valence-corrected chi connectivity index (χ4v) is 2.62. The fourth-order valence-electron chi connectivity index (χ4n) is 2.62. The topological polar surface area (TPSA) is 0 Å². The average molecular weight is 162 g/mol. The van der Waals surface area contributed by atoms with Crippen LogP contribution >= 0.6 is 0 Å². The number of hydrogen-bond donors (Lipinski definition) is 0. The van der Waals surface area contributed by atoms with Gasteiger partial charge in [0.05, 0.1) is 0 Å². The summed E-state index contributed by atoms with van der Waals surface area (Å²) in [5.41, 5.74) is 3.46. The molecule has 66 valence electrons. The molecular weight excluding hydrogens is 144 g/mol. The van der Waals surface area contributed by atoms with Crippen molar-refractivity contribution < 1.29 is 0 Å². The van der Waals surface area contributed by atoms with Gasteiger partial charge >= 0.3 is 0 Å². The van der Waals surface area contributed by atoms with Crippen molar-refractivity contribution in [3.05, 3.63) is 23.3 Å². The Labute approximate surface area is 75.4 Å². The highest BCUT2D eigenvalue weighted by Crippen LogP contribution is 2.38. The molecule has 0 nitrogen and oxygen atoms in total. The molecule has 0 fully saturated rings. The maximum Gasteiger partial charge on any atom is -0.0127 e. The second-order valence-corrected chi connectivity index (χ2v) is 4.03. The standard InChI is InChI=1S/C12H18/c1-2-5-10-6-3-7-11-8-4-9-12(10)11/h4,8,10H,2-3,5-7,9H2,1H3. The molecule has 0 aromatic heterocycles. The first kappa shape index (κ1) is 8.10.